The van der Waals surface area contributed by atoms with Crippen molar-refractivity contribution in [3.05, 3.63) is 23.8 Å². The zero-order valence-corrected chi connectivity index (χ0v) is 5.87. The fourth-order valence-electron chi connectivity index (χ4n) is 1.17. The molecule has 2 nitrogen and oxygen atoms in total. The van der Waals surface area contributed by atoms with Gasteiger partial charge in [0.25, 0.3) is 0 Å². The van der Waals surface area contributed by atoms with Gasteiger partial charge in [-0.3, -0.25) is 0 Å². The first kappa shape index (κ1) is 6.13. The predicted molar refractivity (Wildman–Crippen MR) is 37.3 cm³/mol. The van der Waals surface area contributed by atoms with Crippen LogP contribution in [0.4, 0.5) is 0 Å². The van der Waals surface area contributed by atoms with E-state index in [4.69, 9.17) is 4.74 Å². The lowest BCUT2D eigenvalue weighted by Crippen LogP contribution is -2.11. The molecule has 0 spiro atoms. The quantitative estimate of drug-likeness (QED) is 0.548. The third kappa shape index (κ3) is 0.728. The van der Waals surface area contributed by atoms with E-state index in [1.54, 1.807) is 6.08 Å². The Morgan fingerprint density at radius 1 is 1.80 bits per heavy atom. The molecule has 2 unspecified atom stereocenters. The van der Waals surface area contributed by atoms with Gasteiger partial charge in [-0.05, 0) is 24.1 Å². The Morgan fingerprint density at radius 3 is 3.20 bits per heavy atom. The number of aliphatic hydroxyl groups is 1. The number of fused-ring (bicyclic) bond motifs is 1. The minimum absolute atomic E-state index is 0.0625. The van der Waals surface area contributed by atoms with Crippen LogP contribution in [0.15, 0.2) is 23.8 Å². The average Bonchev–Trinajstić information content (AvgIpc) is 2.59. The number of hydrogen-bond acceptors (Lipinski definition) is 2. The van der Waals surface area contributed by atoms with Crippen molar-refractivity contribution >= 4 is 0 Å². The van der Waals surface area contributed by atoms with Crippen molar-refractivity contribution in [1.82, 2.24) is 0 Å². The molecule has 0 aromatic rings. The van der Waals surface area contributed by atoms with Gasteiger partial charge in [0.15, 0.2) is 0 Å². The summed E-state index contributed by atoms with van der Waals surface area (Å²) >= 11 is 0. The molecule has 1 aliphatic carbocycles. The van der Waals surface area contributed by atoms with Crippen molar-refractivity contribution in [1.29, 1.82) is 0 Å². The number of allylic oxidation sites excluding steroid dienone is 2. The first-order valence-electron chi connectivity index (χ1n) is 3.55. The summed E-state index contributed by atoms with van der Waals surface area (Å²) in [6, 6.07) is 0. The Hall–Kier alpha value is -0.600. The van der Waals surface area contributed by atoms with Crippen molar-refractivity contribution in [2.75, 3.05) is 0 Å². The van der Waals surface area contributed by atoms with Gasteiger partial charge in [0.2, 0.25) is 5.79 Å². The topological polar surface area (TPSA) is 32.8 Å². The molecule has 1 heterocycles. The molecule has 0 amide bonds. The van der Waals surface area contributed by atoms with E-state index in [1.807, 2.05) is 12.2 Å². The molecule has 2 atom stereocenters. The third-order valence-electron chi connectivity index (χ3n) is 1.98. The van der Waals surface area contributed by atoms with Crippen LogP contribution in [0.3, 0.4) is 0 Å². The van der Waals surface area contributed by atoms with Crippen LogP contribution in [-0.2, 0) is 4.74 Å². The van der Waals surface area contributed by atoms with E-state index in [1.165, 1.54) is 5.57 Å². The van der Waals surface area contributed by atoms with Crippen LogP contribution >= 0.6 is 0 Å². The van der Waals surface area contributed by atoms with E-state index in [9.17, 15) is 5.11 Å². The predicted octanol–water partition coefficient (Wildman–Crippen LogP) is 0.980. The van der Waals surface area contributed by atoms with Crippen LogP contribution in [0, 0.1) is 0 Å². The molecular formula is C8H10O2. The van der Waals surface area contributed by atoms with Gasteiger partial charge in [-0.15, -0.1) is 0 Å². The van der Waals surface area contributed by atoms with Crippen molar-refractivity contribution < 1.29 is 9.84 Å². The van der Waals surface area contributed by atoms with Gasteiger partial charge in [-0.2, -0.15) is 0 Å². The second-order valence-electron chi connectivity index (χ2n) is 2.72. The highest BCUT2D eigenvalue weighted by Gasteiger charge is 2.53. The Morgan fingerprint density at radius 2 is 2.60 bits per heavy atom. The Bertz CT molecular complexity index is 217. The lowest BCUT2D eigenvalue weighted by Gasteiger charge is -2.03. The summed E-state index contributed by atoms with van der Waals surface area (Å²) in [6.07, 6.45) is 6.55. The van der Waals surface area contributed by atoms with Gasteiger partial charge >= 0.3 is 0 Å². The summed E-state index contributed by atoms with van der Waals surface area (Å²) in [6.45, 7) is 2.09. The Balaban J connectivity index is 2.20. The maximum Gasteiger partial charge on any atom is 0.217 e. The minimum atomic E-state index is -0.932. The lowest BCUT2D eigenvalue weighted by atomic mass is 10.0. The monoisotopic (exact) mass is 138 g/mol. The molecule has 0 radical (unpaired) electrons. The molecule has 0 aromatic carbocycles. The van der Waals surface area contributed by atoms with Crippen LogP contribution < -0.4 is 0 Å². The Labute approximate surface area is 59.8 Å². The number of ether oxygens (including phenoxy) is 1. The molecule has 2 rings (SSSR count). The van der Waals surface area contributed by atoms with Gasteiger partial charge in [0.1, 0.15) is 6.10 Å². The van der Waals surface area contributed by atoms with E-state index in [2.05, 4.69) is 6.92 Å². The lowest BCUT2D eigenvalue weighted by molar-refractivity contribution is 0.0825. The fourth-order valence-corrected chi connectivity index (χ4v) is 1.17. The molecule has 10 heavy (non-hydrogen) atoms. The second-order valence-corrected chi connectivity index (χ2v) is 2.72. The molecule has 1 N–H and O–H groups in total. The summed E-state index contributed by atoms with van der Waals surface area (Å²) < 4.78 is 4.99. The fraction of sp³-hybridized carbons (Fsp3) is 0.500. The van der Waals surface area contributed by atoms with Crippen molar-refractivity contribution in [2.24, 2.45) is 0 Å². The van der Waals surface area contributed by atoms with E-state index in [-0.39, 0.29) is 6.10 Å². The van der Waals surface area contributed by atoms with E-state index in [0.717, 1.165) is 6.42 Å². The average molecular weight is 138 g/mol. The number of rotatable bonds is 1. The highest BCUT2D eigenvalue weighted by Crippen LogP contribution is 2.40. The molecule has 1 fully saturated rings. The molecular weight excluding hydrogens is 128 g/mol. The molecule has 0 aromatic heterocycles. The maximum atomic E-state index is 9.31. The molecule has 1 aliphatic heterocycles. The SMILES string of the molecule is CCC1=CC2OC2(O)C=C1. The van der Waals surface area contributed by atoms with Crippen LogP contribution in [0.1, 0.15) is 13.3 Å². The standard InChI is InChI=1S/C8H10O2/c1-2-6-3-4-8(9)7(5-6)10-8/h3-5,7,9H,2H2,1H3. The van der Waals surface area contributed by atoms with Crippen molar-refractivity contribution in [3.63, 3.8) is 0 Å². The largest absolute Gasteiger partial charge is 0.360 e. The van der Waals surface area contributed by atoms with Gasteiger partial charge in [0, 0.05) is 0 Å². The van der Waals surface area contributed by atoms with Crippen LogP contribution in [0.5, 0.6) is 0 Å². The first-order valence-corrected chi connectivity index (χ1v) is 3.55. The molecule has 2 aliphatic rings. The normalized spacial score (nSPS) is 42.6. The first-order chi connectivity index (χ1) is 4.74. The van der Waals surface area contributed by atoms with Gasteiger partial charge < -0.3 is 9.84 Å². The molecule has 1 saturated heterocycles. The van der Waals surface area contributed by atoms with E-state index < -0.39 is 5.79 Å². The zero-order valence-electron chi connectivity index (χ0n) is 5.87. The molecule has 2 heteroatoms. The number of hydrogen-bond donors (Lipinski definition) is 1. The minimum Gasteiger partial charge on any atom is -0.360 e. The van der Waals surface area contributed by atoms with E-state index >= 15 is 0 Å². The summed E-state index contributed by atoms with van der Waals surface area (Å²) in [5, 5.41) is 9.31. The number of epoxide rings is 1. The summed E-state index contributed by atoms with van der Waals surface area (Å²) in [5.74, 6) is -0.932. The smallest absolute Gasteiger partial charge is 0.217 e. The van der Waals surface area contributed by atoms with Crippen molar-refractivity contribution in [2.45, 2.75) is 25.2 Å². The third-order valence-corrected chi connectivity index (χ3v) is 1.98. The molecule has 54 valence electrons. The maximum absolute atomic E-state index is 9.31. The van der Waals surface area contributed by atoms with Gasteiger partial charge in [0.05, 0.1) is 0 Å². The van der Waals surface area contributed by atoms with Gasteiger partial charge in [-0.1, -0.05) is 13.0 Å². The van der Waals surface area contributed by atoms with Crippen LogP contribution in [0.25, 0.3) is 0 Å². The van der Waals surface area contributed by atoms with E-state index in [0.29, 0.717) is 0 Å². The van der Waals surface area contributed by atoms with Crippen LogP contribution in [0.2, 0.25) is 0 Å². The Kier molecular flexibility index (Phi) is 1.05. The second kappa shape index (κ2) is 1.71. The van der Waals surface area contributed by atoms with Gasteiger partial charge in [-0.25, -0.2) is 0 Å². The summed E-state index contributed by atoms with van der Waals surface area (Å²) in [4.78, 5) is 0. The highest BCUT2D eigenvalue weighted by atomic mass is 16.7. The van der Waals surface area contributed by atoms with Crippen molar-refractivity contribution in [3.8, 4) is 0 Å². The summed E-state index contributed by atoms with van der Waals surface area (Å²) in [5.41, 5.74) is 1.24. The molecule has 0 bridgehead atoms. The highest BCUT2D eigenvalue weighted by molar-refractivity contribution is 5.34. The summed E-state index contributed by atoms with van der Waals surface area (Å²) in [7, 11) is 0. The molecule has 0 saturated carbocycles. The zero-order chi connectivity index (χ0) is 7.19. The van der Waals surface area contributed by atoms with Crippen LogP contribution in [-0.4, -0.2) is 17.0 Å².